The van der Waals surface area contributed by atoms with Crippen LogP contribution in [0.25, 0.3) is 111 Å². The molecule has 0 radical (unpaired) electrons. The molecule has 0 aliphatic heterocycles. The molecule has 0 bridgehead atoms. The van der Waals surface area contributed by atoms with Crippen LogP contribution < -0.4 is 0 Å². The molecule has 1 aliphatic carbocycles. The van der Waals surface area contributed by atoms with Crippen molar-refractivity contribution in [1.29, 1.82) is 10.5 Å². The number of hydrogen-bond acceptors (Lipinski definition) is 4. The molecule has 3 aromatic heterocycles. The fourth-order valence-electron chi connectivity index (χ4n) is 9.34. The van der Waals surface area contributed by atoms with E-state index in [1.807, 2.05) is 12.1 Å². The van der Waals surface area contributed by atoms with E-state index in [4.69, 9.17) is 9.97 Å². The van der Waals surface area contributed by atoms with Gasteiger partial charge in [-0.15, -0.1) is 0 Å². The molecule has 0 saturated carbocycles. The number of fused-ring (bicyclic) bond motifs is 9. The zero-order valence-corrected chi connectivity index (χ0v) is 30.8. The molecule has 0 N–H and O–H groups in total. The van der Waals surface area contributed by atoms with Gasteiger partial charge in [0.25, 0.3) is 0 Å². The average molecular weight is 737 g/mol. The summed E-state index contributed by atoms with van der Waals surface area (Å²) in [4.78, 5) is 9.48. The zero-order chi connectivity index (χ0) is 38.5. The molecule has 0 spiro atoms. The second kappa shape index (κ2) is 12.1. The first kappa shape index (κ1) is 32.0. The molecule has 0 fully saturated rings. The predicted molar refractivity (Wildman–Crippen MR) is 233 cm³/mol. The quantitative estimate of drug-likeness (QED) is 0.180. The van der Waals surface area contributed by atoms with Crippen LogP contribution in [0.2, 0.25) is 0 Å². The number of aromatic nitrogens is 4. The fourth-order valence-corrected chi connectivity index (χ4v) is 9.34. The van der Waals surface area contributed by atoms with Crippen LogP contribution in [0.3, 0.4) is 0 Å². The number of hydrogen-bond donors (Lipinski definition) is 0. The molecule has 8 aromatic carbocycles. The summed E-state index contributed by atoms with van der Waals surface area (Å²) in [5, 5.41) is 26.8. The van der Waals surface area contributed by atoms with Gasteiger partial charge in [-0.3, -0.25) is 0 Å². The highest BCUT2D eigenvalue weighted by molar-refractivity contribution is 6.20. The molecule has 1 aliphatic rings. The van der Waals surface area contributed by atoms with E-state index in [1.165, 1.54) is 21.5 Å². The van der Waals surface area contributed by atoms with Crippen LogP contribution in [0, 0.1) is 22.7 Å². The lowest BCUT2D eigenvalue weighted by molar-refractivity contribution is 1.15. The van der Waals surface area contributed by atoms with Crippen molar-refractivity contribution in [3.8, 4) is 68.3 Å². The lowest BCUT2D eigenvalue weighted by Gasteiger charge is -2.18. The van der Waals surface area contributed by atoms with E-state index in [0.717, 1.165) is 77.6 Å². The first-order valence-corrected chi connectivity index (χ1v) is 19.2. The number of benzene rings is 8. The predicted octanol–water partition coefficient (Wildman–Crippen LogP) is 12.5. The Kier molecular flexibility index (Phi) is 6.66. The van der Waals surface area contributed by atoms with E-state index < -0.39 is 0 Å². The van der Waals surface area contributed by atoms with Crippen molar-refractivity contribution in [3.63, 3.8) is 0 Å². The summed E-state index contributed by atoms with van der Waals surface area (Å²) >= 11 is 0. The molecule has 266 valence electrons. The van der Waals surface area contributed by atoms with E-state index in [9.17, 15) is 10.5 Å². The summed E-state index contributed by atoms with van der Waals surface area (Å²) < 4.78 is 4.67. The summed E-state index contributed by atoms with van der Waals surface area (Å²) in [5.74, 6) is 0. The number of nitriles is 2. The maximum atomic E-state index is 9.95. The first-order chi connectivity index (χ1) is 28.7. The van der Waals surface area contributed by atoms with Crippen molar-refractivity contribution in [1.82, 2.24) is 19.1 Å². The van der Waals surface area contributed by atoms with E-state index in [1.54, 1.807) is 0 Å². The molecule has 6 heteroatoms. The Hall–Kier alpha value is -8.32. The van der Waals surface area contributed by atoms with Crippen molar-refractivity contribution in [2.45, 2.75) is 0 Å². The van der Waals surface area contributed by atoms with Crippen molar-refractivity contribution in [2.75, 3.05) is 0 Å². The van der Waals surface area contributed by atoms with Gasteiger partial charge in [0, 0.05) is 49.4 Å². The minimum Gasteiger partial charge on any atom is -0.309 e. The minimum atomic E-state index is 0.0315. The Balaban J connectivity index is 1.08. The zero-order valence-electron chi connectivity index (χ0n) is 30.8. The second-order valence-corrected chi connectivity index (χ2v) is 14.7. The van der Waals surface area contributed by atoms with E-state index >= 15 is 0 Å². The molecule has 0 atom stereocenters. The van der Waals surface area contributed by atoms with Gasteiger partial charge >= 0.3 is 0 Å². The van der Waals surface area contributed by atoms with Crippen molar-refractivity contribution in [3.05, 3.63) is 181 Å². The lowest BCUT2D eigenvalue weighted by Crippen LogP contribution is -1.98. The molecule has 0 saturated heterocycles. The Labute approximate surface area is 332 Å². The van der Waals surface area contributed by atoms with Gasteiger partial charge in [0.15, 0.2) is 11.4 Å². The highest BCUT2D eigenvalue weighted by atomic mass is 15.0. The third-order valence-corrected chi connectivity index (χ3v) is 11.8. The number of rotatable bonds is 4. The SMILES string of the molecule is N#Cc1nc2c(nc1C#N)-c1cc(-c3ccc(-n4c5ccccc5c5ccccc54)cc3)c(-c3ccc(-n4c5ccccc5c5ccccc54)cc3)c3cccc-2c13. The Morgan fingerprint density at radius 1 is 0.379 bits per heavy atom. The standard InChI is InChI=1S/C52H28N6/c53-29-43-44(30-54)56-52-42-28-41(31-20-24-33(25-21-31)57-45-16-5-1-10-35(45)36-11-2-6-17-46(36)57)49(39-14-9-15-40(50(39)42)51(52)55-43)32-22-26-34(27-23-32)58-47-18-7-3-12-37(47)38-13-4-8-19-48(38)58/h1-28H. The molecule has 0 amide bonds. The maximum Gasteiger partial charge on any atom is 0.177 e. The largest absolute Gasteiger partial charge is 0.309 e. The van der Waals surface area contributed by atoms with E-state index in [0.29, 0.717) is 11.4 Å². The van der Waals surface area contributed by atoms with Crippen LogP contribution in [0.15, 0.2) is 170 Å². The molecular weight excluding hydrogens is 709 g/mol. The van der Waals surface area contributed by atoms with E-state index in [-0.39, 0.29) is 11.4 Å². The maximum absolute atomic E-state index is 9.95. The van der Waals surface area contributed by atoms with Gasteiger partial charge < -0.3 is 9.13 Å². The Bertz CT molecular complexity index is 3520. The van der Waals surface area contributed by atoms with Crippen molar-refractivity contribution in [2.24, 2.45) is 0 Å². The third kappa shape index (κ3) is 4.40. The van der Waals surface area contributed by atoms with Crippen LogP contribution in [-0.4, -0.2) is 19.1 Å². The number of para-hydroxylation sites is 4. The lowest BCUT2D eigenvalue weighted by atomic mass is 9.87. The molecule has 0 unspecified atom stereocenters. The highest BCUT2D eigenvalue weighted by Crippen LogP contribution is 2.51. The van der Waals surface area contributed by atoms with Gasteiger partial charge in [0.2, 0.25) is 0 Å². The van der Waals surface area contributed by atoms with Crippen LogP contribution in [0.4, 0.5) is 0 Å². The van der Waals surface area contributed by atoms with Gasteiger partial charge in [-0.05, 0) is 82.2 Å². The van der Waals surface area contributed by atoms with Gasteiger partial charge in [-0.25, -0.2) is 9.97 Å². The van der Waals surface area contributed by atoms with Gasteiger partial charge in [-0.2, -0.15) is 10.5 Å². The molecule has 58 heavy (non-hydrogen) atoms. The smallest absolute Gasteiger partial charge is 0.177 e. The van der Waals surface area contributed by atoms with Crippen LogP contribution >= 0.6 is 0 Å². The summed E-state index contributed by atoms with van der Waals surface area (Å²) in [6.45, 7) is 0. The summed E-state index contributed by atoms with van der Waals surface area (Å²) in [6, 6.07) is 64.5. The van der Waals surface area contributed by atoms with E-state index in [2.05, 4.69) is 179 Å². The summed E-state index contributed by atoms with van der Waals surface area (Å²) in [5.41, 5.74) is 14.2. The molecule has 12 rings (SSSR count). The van der Waals surface area contributed by atoms with Gasteiger partial charge in [0.1, 0.15) is 12.1 Å². The molecule has 11 aromatic rings. The third-order valence-electron chi connectivity index (χ3n) is 11.8. The highest BCUT2D eigenvalue weighted by Gasteiger charge is 2.29. The van der Waals surface area contributed by atoms with Crippen molar-refractivity contribution < 1.29 is 0 Å². The normalized spacial score (nSPS) is 11.8. The molecule has 3 heterocycles. The summed E-state index contributed by atoms with van der Waals surface area (Å²) in [7, 11) is 0. The average Bonchev–Trinajstić information content (AvgIpc) is 3.92. The monoisotopic (exact) mass is 736 g/mol. The van der Waals surface area contributed by atoms with Crippen LogP contribution in [0.1, 0.15) is 11.4 Å². The number of nitrogens with zero attached hydrogens (tertiary/aromatic N) is 6. The topological polar surface area (TPSA) is 83.2 Å². The van der Waals surface area contributed by atoms with Crippen LogP contribution in [-0.2, 0) is 0 Å². The Morgan fingerprint density at radius 3 is 1.26 bits per heavy atom. The molecule has 6 nitrogen and oxygen atoms in total. The Morgan fingerprint density at radius 2 is 0.793 bits per heavy atom. The minimum absolute atomic E-state index is 0.0315. The summed E-state index contributed by atoms with van der Waals surface area (Å²) in [6.07, 6.45) is 0. The van der Waals surface area contributed by atoms with Crippen molar-refractivity contribution >= 4 is 54.4 Å². The first-order valence-electron chi connectivity index (χ1n) is 19.2. The molecular formula is C52H28N6. The van der Waals surface area contributed by atoms with Crippen LogP contribution in [0.5, 0.6) is 0 Å². The van der Waals surface area contributed by atoms with Gasteiger partial charge in [0.05, 0.1) is 33.5 Å². The fraction of sp³-hybridized carbons (Fsp3) is 0. The van der Waals surface area contributed by atoms with Gasteiger partial charge in [-0.1, -0.05) is 115 Å². The second-order valence-electron chi connectivity index (χ2n) is 14.7.